The maximum Gasteiger partial charge on any atom is 0.303 e. The summed E-state index contributed by atoms with van der Waals surface area (Å²) in [6, 6.07) is 15.7. The van der Waals surface area contributed by atoms with Crippen LogP contribution in [0.3, 0.4) is 0 Å². The molecule has 2 aromatic heterocycles. The average Bonchev–Trinajstić information content (AvgIpc) is 3.00. The van der Waals surface area contributed by atoms with Gasteiger partial charge in [0.25, 0.3) is 0 Å². The van der Waals surface area contributed by atoms with Gasteiger partial charge in [-0.3, -0.25) is 9.59 Å². The first kappa shape index (κ1) is 34.0. The molecule has 0 spiro atoms. The number of benzene rings is 2. The molecule has 2 aromatic carbocycles. The summed E-state index contributed by atoms with van der Waals surface area (Å²) < 4.78 is 22.2. The van der Waals surface area contributed by atoms with Gasteiger partial charge in [-0.1, -0.05) is 90.1 Å². The van der Waals surface area contributed by atoms with Gasteiger partial charge in [-0.05, 0) is 11.1 Å². The van der Waals surface area contributed by atoms with E-state index in [9.17, 15) is 9.59 Å². The maximum absolute atomic E-state index is 11.7. The molecule has 46 heavy (non-hydrogen) atoms. The molecule has 4 rings (SSSR count). The lowest BCUT2D eigenvalue weighted by atomic mass is 9.89. The van der Waals surface area contributed by atoms with E-state index in [1.165, 1.54) is 13.8 Å². The molecule has 0 amide bonds. The van der Waals surface area contributed by atoms with Gasteiger partial charge < -0.3 is 18.9 Å². The molecule has 0 aliphatic heterocycles. The molecule has 0 bridgehead atoms. The summed E-state index contributed by atoms with van der Waals surface area (Å²) in [5, 5.41) is 0. The molecular formula is C36H42N4O6. The lowest BCUT2D eigenvalue weighted by molar-refractivity contribution is -0.143. The Bertz CT molecular complexity index is 1630. The topological polar surface area (TPSA) is 123 Å². The molecule has 10 heteroatoms. The third-order valence-electron chi connectivity index (χ3n) is 7.15. The molecule has 0 fully saturated rings. The number of ether oxygens (including phenoxy) is 4. The first-order valence-corrected chi connectivity index (χ1v) is 15.0. The van der Waals surface area contributed by atoms with E-state index in [0.717, 1.165) is 22.3 Å². The average molecular weight is 627 g/mol. The molecule has 0 radical (unpaired) electrons. The number of carbonyl (C=O) groups is 2. The van der Waals surface area contributed by atoms with Crippen molar-refractivity contribution in [1.82, 2.24) is 19.9 Å². The predicted octanol–water partition coefficient (Wildman–Crippen LogP) is 7.01. The molecule has 0 saturated carbocycles. The third kappa shape index (κ3) is 7.50. The summed E-state index contributed by atoms with van der Waals surface area (Å²) in [5.41, 5.74) is 4.73. The van der Waals surface area contributed by atoms with Crippen LogP contribution in [-0.2, 0) is 43.1 Å². The van der Waals surface area contributed by atoms with E-state index in [0.29, 0.717) is 45.9 Å². The number of esters is 2. The lowest BCUT2D eigenvalue weighted by Gasteiger charge is -2.24. The fourth-order valence-electron chi connectivity index (χ4n) is 5.04. The van der Waals surface area contributed by atoms with Gasteiger partial charge in [0.15, 0.2) is 23.1 Å². The molecule has 2 heterocycles. The second kappa shape index (κ2) is 13.6. The van der Waals surface area contributed by atoms with Crippen LogP contribution in [0.1, 0.15) is 78.2 Å². The number of nitrogens with zero attached hydrogens (tertiary/aromatic N) is 4. The van der Waals surface area contributed by atoms with Crippen LogP contribution in [-0.4, -0.2) is 46.1 Å². The van der Waals surface area contributed by atoms with Crippen LogP contribution >= 0.6 is 0 Å². The van der Waals surface area contributed by atoms with Gasteiger partial charge in [0.1, 0.15) is 24.6 Å². The second-order valence-electron chi connectivity index (χ2n) is 12.9. The first-order valence-electron chi connectivity index (χ1n) is 15.0. The zero-order valence-electron chi connectivity index (χ0n) is 28.3. The van der Waals surface area contributed by atoms with Crippen molar-refractivity contribution in [2.45, 2.75) is 79.4 Å². The Morgan fingerprint density at radius 1 is 0.565 bits per heavy atom. The molecule has 0 saturated heterocycles. The van der Waals surface area contributed by atoms with Gasteiger partial charge >= 0.3 is 11.9 Å². The van der Waals surface area contributed by atoms with E-state index >= 15 is 0 Å². The Kier molecular flexibility index (Phi) is 10.1. The van der Waals surface area contributed by atoms with Crippen molar-refractivity contribution in [2.24, 2.45) is 0 Å². The summed E-state index contributed by atoms with van der Waals surface area (Å²) in [4.78, 5) is 43.2. The van der Waals surface area contributed by atoms with Gasteiger partial charge in [0, 0.05) is 35.8 Å². The lowest BCUT2D eigenvalue weighted by Crippen LogP contribution is -2.19. The Morgan fingerprint density at radius 2 is 0.891 bits per heavy atom. The van der Waals surface area contributed by atoms with Gasteiger partial charge in [-0.2, -0.15) is 0 Å². The number of rotatable bonds is 9. The Balaban J connectivity index is 1.99. The highest BCUT2D eigenvalue weighted by atomic mass is 16.5. The van der Waals surface area contributed by atoms with E-state index < -0.39 is 22.8 Å². The fraction of sp³-hybridized carbons (Fsp3) is 0.389. The van der Waals surface area contributed by atoms with Gasteiger partial charge in [-0.25, -0.2) is 19.9 Å². The number of carbonyl (C=O) groups excluding carboxylic acids is 2. The highest BCUT2D eigenvalue weighted by Gasteiger charge is 2.29. The minimum atomic E-state index is -0.420. The van der Waals surface area contributed by atoms with Gasteiger partial charge in [0.2, 0.25) is 0 Å². The third-order valence-corrected chi connectivity index (χ3v) is 7.15. The Hall–Kier alpha value is -4.86. The van der Waals surface area contributed by atoms with Crippen LogP contribution in [0.2, 0.25) is 0 Å². The van der Waals surface area contributed by atoms with E-state index in [2.05, 4.69) is 0 Å². The van der Waals surface area contributed by atoms with Crippen molar-refractivity contribution in [3.05, 3.63) is 71.3 Å². The van der Waals surface area contributed by atoms with Crippen LogP contribution in [0.25, 0.3) is 33.9 Å². The minimum absolute atomic E-state index is 0.0593. The second-order valence-corrected chi connectivity index (χ2v) is 12.9. The van der Waals surface area contributed by atoms with E-state index in [4.69, 9.17) is 38.9 Å². The monoisotopic (exact) mass is 626 g/mol. The molecule has 0 aliphatic carbocycles. The number of hydrogen-bond donors (Lipinski definition) is 0. The molecule has 0 aliphatic rings. The highest BCUT2D eigenvalue weighted by Crippen LogP contribution is 2.41. The molecule has 10 nitrogen and oxygen atoms in total. The quantitative estimate of drug-likeness (QED) is 0.179. The maximum atomic E-state index is 11.7. The summed E-state index contributed by atoms with van der Waals surface area (Å²) in [5.74, 6) is 1.04. The van der Waals surface area contributed by atoms with Gasteiger partial charge in [0.05, 0.1) is 25.6 Å². The minimum Gasteiger partial charge on any atom is -0.493 e. The van der Waals surface area contributed by atoms with Crippen molar-refractivity contribution in [3.8, 4) is 45.4 Å². The fourth-order valence-corrected chi connectivity index (χ4v) is 5.04. The van der Waals surface area contributed by atoms with Crippen LogP contribution in [0.5, 0.6) is 11.5 Å². The zero-order chi connectivity index (χ0) is 33.8. The number of methoxy groups -OCH3 is 2. The van der Waals surface area contributed by atoms with Crippen molar-refractivity contribution < 1.29 is 28.5 Å². The molecule has 0 N–H and O–H groups in total. The number of aromatic nitrogens is 4. The van der Waals surface area contributed by atoms with Gasteiger partial charge in [-0.15, -0.1) is 0 Å². The van der Waals surface area contributed by atoms with Crippen molar-refractivity contribution >= 4 is 11.9 Å². The summed E-state index contributed by atoms with van der Waals surface area (Å²) in [6.07, 6.45) is 0. The molecule has 242 valence electrons. The van der Waals surface area contributed by atoms with E-state index in [1.54, 1.807) is 14.2 Å². The Labute approximate surface area is 270 Å². The van der Waals surface area contributed by atoms with Crippen LogP contribution in [0.15, 0.2) is 48.5 Å². The summed E-state index contributed by atoms with van der Waals surface area (Å²) >= 11 is 0. The first-order chi connectivity index (χ1) is 21.6. The largest absolute Gasteiger partial charge is 0.493 e. The molecule has 0 unspecified atom stereocenters. The SMILES string of the molecule is COc1c(COC(C)=O)nc(-c2ccccc2-c2ccccc2-c2nc(COC(C)=O)c(OC)c(C(C)(C)C)n2)nc1C(C)(C)C. The van der Waals surface area contributed by atoms with E-state index in [1.807, 2.05) is 90.1 Å². The molecular weight excluding hydrogens is 584 g/mol. The van der Waals surface area contributed by atoms with Crippen LogP contribution in [0.4, 0.5) is 0 Å². The smallest absolute Gasteiger partial charge is 0.303 e. The summed E-state index contributed by atoms with van der Waals surface area (Å²) in [6.45, 7) is 14.8. The van der Waals surface area contributed by atoms with Crippen LogP contribution < -0.4 is 9.47 Å². The number of hydrogen-bond acceptors (Lipinski definition) is 10. The van der Waals surface area contributed by atoms with Crippen molar-refractivity contribution in [2.75, 3.05) is 14.2 Å². The zero-order valence-corrected chi connectivity index (χ0v) is 28.3. The van der Waals surface area contributed by atoms with E-state index in [-0.39, 0.29) is 13.2 Å². The van der Waals surface area contributed by atoms with Crippen LogP contribution in [0, 0.1) is 0 Å². The standard InChI is InChI=1S/C36H42N4O6/c1-21(41)45-19-27-29(43-9)31(35(3,4)5)39-33(37-27)25-17-13-11-15-23(25)24-16-12-14-18-26(24)34-38-28(20-46-22(2)42)30(44-10)32(40-34)36(6,7)8/h11-18H,19-20H2,1-10H3. The molecule has 0 atom stereocenters. The van der Waals surface area contributed by atoms with Crippen molar-refractivity contribution in [1.29, 1.82) is 0 Å². The van der Waals surface area contributed by atoms with Crippen molar-refractivity contribution in [3.63, 3.8) is 0 Å². The summed E-state index contributed by atoms with van der Waals surface area (Å²) in [7, 11) is 3.12. The Morgan fingerprint density at radius 3 is 1.17 bits per heavy atom. The molecule has 4 aromatic rings. The normalized spacial score (nSPS) is 11.6. The predicted molar refractivity (Wildman–Crippen MR) is 175 cm³/mol. The highest BCUT2D eigenvalue weighted by molar-refractivity contribution is 5.89.